The lowest BCUT2D eigenvalue weighted by Crippen LogP contribution is -2.26. The molecule has 82 valence electrons. The van der Waals surface area contributed by atoms with Crippen molar-refractivity contribution >= 4 is 27.7 Å². The predicted molar refractivity (Wildman–Crippen MR) is 70.5 cm³/mol. The van der Waals surface area contributed by atoms with E-state index in [1.54, 1.807) is 0 Å². The molecule has 1 aliphatic rings. The molecule has 0 saturated carbocycles. The number of fused-ring (bicyclic) bond motifs is 1. The van der Waals surface area contributed by atoms with Gasteiger partial charge in [-0.3, -0.25) is 0 Å². The Balaban J connectivity index is 2.23. The van der Waals surface area contributed by atoms with E-state index >= 15 is 0 Å². The lowest BCUT2D eigenvalue weighted by Gasteiger charge is -2.17. The van der Waals surface area contributed by atoms with Crippen LogP contribution in [0.1, 0.15) is 31.9 Å². The highest BCUT2D eigenvalue weighted by Gasteiger charge is 2.29. The summed E-state index contributed by atoms with van der Waals surface area (Å²) in [7, 11) is 0. The lowest BCUT2D eigenvalue weighted by atomic mass is 10.0. The maximum absolute atomic E-state index is 3.62. The Bertz CT molecular complexity index is 353. The van der Waals surface area contributed by atoms with Crippen molar-refractivity contribution in [3.8, 4) is 0 Å². The third kappa shape index (κ3) is 2.40. The summed E-state index contributed by atoms with van der Waals surface area (Å²) in [6, 6.07) is 7.11. The number of hydrogen-bond donors (Lipinski definition) is 1. The van der Waals surface area contributed by atoms with E-state index < -0.39 is 0 Å². The molecule has 15 heavy (non-hydrogen) atoms. The molecule has 0 radical (unpaired) electrons. The number of halogens is 1. The number of benzene rings is 1. The molecule has 0 saturated heterocycles. The van der Waals surface area contributed by atoms with Gasteiger partial charge in [-0.25, -0.2) is 0 Å². The number of nitrogens with one attached hydrogen (secondary N) is 1. The van der Waals surface area contributed by atoms with Gasteiger partial charge in [0.15, 0.2) is 0 Å². The summed E-state index contributed by atoms with van der Waals surface area (Å²) >= 11 is 5.52. The maximum Gasteiger partial charge on any atom is 0.0453 e. The summed E-state index contributed by atoms with van der Waals surface area (Å²) in [5.41, 5.74) is 1.45. The van der Waals surface area contributed by atoms with Crippen molar-refractivity contribution in [3.63, 3.8) is 0 Å². The van der Waals surface area contributed by atoms with Crippen molar-refractivity contribution in [2.75, 3.05) is 6.54 Å². The molecule has 0 aliphatic carbocycles. The summed E-state index contributed by atoms with van der Waals surface area (Å²) in [4.78, 5) is 1.43. The average Bonchev–Trinajstić information content (AvgIpc) is 2.51. The first-order valence-electron chi connectivity index (χ1n) is 5.42. The van der Waals surface area contributed by atoms with Gasteiger partial charge in [-0.15, -0.1) is 11.8 Å². The van der Waals surface area contributed by atoms with E-state index in [9.17, 15) is 0 Å². The van der Waals surface area contributed by atoms with Crippen LogP contribution in [0.4, 0.5) is 0 Å². The van der Waals surface area contributed by atoms with Crippen LogP contribution in [-0.2, 0) is 0 Å². The fraction of sp³-hybridized carbons (Fsp3) is 0.500. The SMILES string of the molecule is CCCNC1c2cc(Br)ccc2SC1C. The normalized spacial score (nSPS) is 24.2. The molecule has 1 aliphatic heterocycles. The zero-order valence-electron chi connectivity index (χ0n) is 9.09. The van der Waals surface area contributed by atoms with E-state index in [1.807, 2.05) is 11.8 Å². The maximum atomic E-state index is 3.62. The molecule has 1 aromatic carbocycles. The molecule has 0 spiro atoms. The van der Waals surface area contributed by atoms with Gasteiger partial charge in [-0.2, -0.15) is 0 Å². The molecule has 0 bridgehead atoms. The van der Waals surface area contributed by atoms with Gasteiger partial charge in [0.05, 0.1) is 0 Å². The van der Waals surface area contributed by atoms with Gasteiger partial charge in [0.25, 0.3) is 0 Å². The Labute approximate surface area is 104 Å². The molecule has 0 fully saturated rings. The average molecular weight is 286 g/mol. The Morgan fingerprint density at radius 1 is 1.47 bits per heavy atom. The molecule has 0 amide bonds. The third-order valence-corrected chi connectivity index (χ3v) is 4.47. The van der Waals surface area contributed by atoms with Gasteiger partial charge in [-0.1, -0.05) is 29.8 Å². The van der Waals surface area contributed by atoms with Gasteiger partial charge >= 0.3 is 0 Å². The monoisotopic (exact) mass is 285 g/mol. The number of hydrogen-bond acceptors (Lipinski definition) is 2. The second kappa shape index (κ2) is 4.89. The Kier molecular flexibility index (Phi) is 3.75. The van der Waals surface area contributed by atoms with Gasteiger partial charge in [0.2, 0.25) is 0 Å². The lowest BCUT2D eigenvalue weighted by molar-refractivity contribution is 0.532. The third-order valence-electron chi connectivity index (χ3n) is 2.70. The zero-order valence-corrected chi connectivity index (χ0v) is 11.5. The minimum Gasteiger partial charge on any atom is -0.309 e. The number of rotatable bonds is 3. The highest BCUT2D eigenvalue weighted by atomic mass is 79.9. The largest absolute Gasteiger partial charge is 0.309 e. The zero-order chi connectivity index (χ0) is 10.8. The molecule has 2 unspecified atom stereocenters. The molecule has 1 aromatic rings. The molecule has 3 heteroatoms. The quantitative estimate of drug-likeness (QED) is 0.902. The second-order valence-corrected chi connectivity index (χ2v) is 6.27. The predicted octanol–water partition coefficient (Wildman–Crippen LogP) is 3.98. The van der Waals surface area contributed by atoms with E-state index in [4.69, 9.17) is 0 Å². The minimum absolute atomic E-state index is 0.516. The van der Waals surface area contributed by atoms with Crippen molar-refractivity contribution < 1.29 is 0 Å². The molecule has 0 aromatic heterocycles. The highest BCUT2D eigenvalue weighted by molar-refractivity contribution is 9.10. The van der Waals surface area contributed by atoms with Crippen LogP contribution in [0.15, 0.2) is 27.6 Å². The molecule has 1 N–H and O–H groups in total. The van der Waals surface area contributed by atoms with Gasteiger partial charge in [0.1, 0.15) is 0 Å². The number of thioether (sulfide) groups is 1. The van der Waals surface area contributed by atoms with E-state index in [0.717, 1.165) is 6.54 Å². The van der Waals surface area contributed by atoms with Crippen LogP contribution in [-0.4, -0.2) is 11.8 Å². The fourth-order valence-electron chi connectivity index (χ4n) is 1.97. The Morgan fingerprint density at radius 2 is 2.27 bits per heavy atom. The van der Waals surface area contributed by atoms with Crippen LogP contribution in [0.2, 0.25) is 0 Å². The molecular formula is C12H16BrNS. The van der Waals surface area contributed by atoms with Crippen LogP contribution in [0.3, 0.4) is 0 Å². The van der Waals surface area contributed by atoms with E-state index in [2.05, 4.69) is 53.3 Å². The summed E-state index contributed by atoms with van der Waals surface area (Å²) in [6.07, 6.45) is 1.19. The van der Waals surface area contributed by atoms with Crippen LogP contribution < -0.4 is 5.32 Å². The summed E-state index contributed by atoms with van der Waals surface area (Å²) in [5.74, 6) is 0. The topological polar surface area (TPSA) is 12.0 Å². The van der Waals surface area contributed by atoms with Crippen LogP contribution >= 0.6 is 27.7 Å². The molecule has 2 rings (SSSR count). The van der Waals surface area contributed by atoms with E-state index in [0.29, 0.717) is 11.3 Å². The van der Waals surface area contributed by atoms with Crippen molar-refractivity contribution in [2.45, 2.75) is 36.5 Å². The molecular weight excluding hydrogens is 270 g/mol. The first kappa shape index (κ1) is 11.5. The first-order valence-corrected chi connectivity index (χ1v) is 7.09. The summed E-state index contributed by atoms with van der Waals surface area (Å²) in [5, 5.41) is 4.26. The van der Waals surface area contributed by atoms with Crippen molar-refractivity contribution in [2.24, 2.45) is 0 Å². The van der Waals surface area contributed by atoms with Crippen LogP contribution in [0, 0.1) is 0 Å². The Hall–Kier alpha value is 0.01000. The molecule has 1 nitrogen and oxygen atoms in total. The van der Waals surface area contributed by atoms with Crippen molar-refractivity contribution in [1.82, 2.24) is 5.32 Å². The van der Waals surface area contributed by atoms with Crippen molar-refractivity contribution in [1.29, 1.82) is 0 Å². The Morgan fingerprint density at radius 3 is 3.00 bits per heavy atom. The second-order valence-electron chi connectivity index (χ2n) is 3.94. The summed E-state index contributed by atoms with van der Waals surface area (Å²) < 4.78 is 1.18. The molecule has 2 atom stereocenters. The highest BCUT2D eigenvalue weighted by Crippen LogP contribution is 2.44. The van der Waals surface area contributed by atoms with Crippen molar-refractivity contribution in [3.05, 3.63) is 28.2 Å². The minimum atomic E-state index is 0.516. The molecule has 1 heterocycles. The van der Waals surface area contributed by atoms with Gasteiger partial charge in [-0.05, 0) is 36.7 Å². The summed E-state index contributed by atoms with van der Waals surface area (Å²) in [6.45, 7) is 5.61. The van der Waals surface area contributed by atoms with Gasteiger partial charge in [0, 0.05) is 20.7 Å². The standard InChI is InChI=1S/C12H16BrNS/c1-3-6-14-12-8(2)15-11-5-4-9(13)7-10(11)12/h4-5,7-8,12,14H,3,6H2,1-2H3. The van der Waals surface area contributed by atoms with E-state index in [1.165, 1.54) is 21.4 Å². The first-order chi connectivity index (χ1) is 7.22. The van der Waals surface area contributed by atoms with Crippen LogP contribution in [0.25, 0.3) is 0 Å². The smallest absolute Gasteiger partial charge is 0.0453 e. The van der Waals surface area contributed by atoms with Gasteiger partial charge < -0.3 is 5.32 Å². The van der Waals surface area contributed by atoms with Crippen LogP contribution in [0.5, 0.6) is 0 Å². The fourth-order valence-corrected chi connectivity index (χ4v) is 3.59. The van der Waals surface area contributed by atoms with E-state index in [-0.39, 0.29) is 0 Å².